The summed E-state index contributed by atoms with van der Waals surface area (Å²) in [7, 11) is 0. The number of hydrogen-bond acceptors (Lipinski definition) is 2. The zero-order valence-electron chi connectivity index (χ0n) is 12.7. The summed E-state index contributed by atoms with van der Waals surface area (Å²) >= 11 is 7.39. The van der Waals surface area contributed by atoms with E-state index in [0.29, 0.717) is 35.1 Å². The number of benzene rings is 2. The number of nitrogens with one attached hydrogen (secondary N) is 1. The van der Waals surface area contributed by atoms with Gasteiger partial charge in [0.1, 0.15) is 5.82 Å². The third-order valence-corrected chi connectivity index (χ3v) is 4.60. The van der Waals surface area contributed by atoms with E-state index < -0.39 is 0 Å². The van der Waals surface area contributed by atoms with Crippen LogP contribution in [0.25, 0.3) is 0 Å². The maximum absolute atomic E-state index is 13.4. The van der Waals surface area contributed by atoms with E-state index in [2.05, 4.69) is 5.32 Å². The molecule has 2 aromatic carbocycles. The van der Waals surface area contributed by atoms with Crippen molar-refractivity contribution >= 4 is 29.3 Å². The number of hydrogen-bond donors (Lipinski definition) is 1. The predicted molar refractivity (Wildman–Crippen MR) is 95.3 cm³/mol. The van der Waals surface area contributed by atoms with Crippen LogP contribution in [-0.4, -0.2) is 18.2 Å². The van der Waals surface area contributed by atoms with E-state index in [1.165, 1.54) is 6.07 Å². The van der Waals surface area contributed by atoms with E-state index in [-0.39, 0.29) is 11.7 Å². The van der Waals surface area contributed by atoms with Crippen LogP contribution in [0.3, 0.4) is 0 Å². The second kappa shape index (κ2) is 9.58. The number of thioether (sulfide) groups is 1. The second-order valence-corrected chi connectivity index (χ2v) is 6.66. The van der Waals surface area contributed by atoms with Crippen LogP contribution in [-0.2, 0) is 17.0 Å². The number of carbonyl (C=O) groups is 1. The Morgan fingerprint density at radius 1 is 1.13 bits per heavy atom. The molecule has 0 heterocycles. The molecule has 0 aliphatic rings. The minimum absolute atomic E-state index is 0.0278. The van der Waals surface area contributed by atoms with Gasteiger partial charge < -0.3 is 5.32 Å². The van der Waals surface area contributed by atoms with Crippen molar-refractivity contribution in [2.24, 2.45) is 0 Å². The summed E-state index contributed by atoms with van der Waals surface area (Å²) in [5.74, 6) is 1.11. The molecule has 0 aliphatic heterocycles. The van der Waals surface area contributed by atoms with E-state index in [4.69, 9.17) is 11.6 Å². The van der Waals surface area contributed by atoms with Gasteiger partial charge in [-0.2, -0.15) is 11.8 Å². The van der Waals surface area contributed by atoms with Crippen molar-refractivity contribution in [1.29, 1.82) is 0 Å². The van der Waals surface area contributed by atoms with Crippen molar-refractivity contribution < 1.29 is 9.18 Å². The van der Waals surface area contributed by atoms with Crippen molar-refractivity contribution in [3.05, 3.63) is 70.5 Å². The molecule has 1 amide bonds. The first-order valence-corrected chi connectivity index (χ1v) is 9.01. The Labute approximate surface area is 145 Å². The number of halogens is 2. The zero-order valence-corrected chi connectivity index (χ0v) is 14.3. The van der Waals surface area contributed by atoms with Crippen molar-refractivity contribution in [3.63, 3.8) is 0 Å². The Kier molecular flexibility index (Phi) is 7.43. The van der Waals surface area contributed by atoms with E-state index >= 15 is 0 Å². The Balaban J connectivity index is 1.58. The van der Waals surface area contributed by atoms with Crippen molar-refractivity contribution in [2.45, 2.75) is 18.6 Å². The topological polar surface area (TPSA) is 29.1 Å². The SMILES string of the molecule is O=C(CCSCc1ccccc1F)NCCc1ccc(Cl)cc1. The monoisotopic (exact) mass is 351 g/mol. The molecule has 0 spiro atoms. The molecule has 0 saturated carbocycles. The van der Waals surface area contributed by atoms with Gasteiger partial charge >= 0.3 is 0 Å². The van der Waals surface area contributed by atoms with Gasteiger partial charge in [-0.3, -0.25) is 4.79 Å². The maximum Gasteiger partial charge on any atom is 0.220 e. The average molecular weight is 352 g/mol. The van der Waals surface area contributed by atoms with Crippen LogP contribution in [0.4, 0.5) is 4.39 Å². The highest BCUT2D eigenvalue weighted by Gasteiger charge is 2.04. The molecule has 2 nitrogen and oxygen atoms in total. The Morgan fingerprint density at radius 3 is 2.61 bits per heavy atom. The molecule has 122 valence electrons. The Morgan fingerprint density at radius 2 is 1.87 bits per heavy atom. The summed E-state index contributed by atoms with van der Waals surface area (Å²) in [6, 6.07) is 14.3. The number of rotatable bonds is 8. The summed E-state index contributed by atoms with van der Waals surface area (Å²) in [6.45, 7) is 0.610. The van der Waals surface area contributed by atoms with Crippen LogP contribution in [0.5, 0.6) is 0 Å². The lowest BCUT2D eigenvalue weighted by molar-refractivity contribution is -0.120. The van der Waals surface area contributed by atoms with Crippen LogP contribution in [0.2, 0.25) is 5.02 Å². The van der Waals surface area contributed by atoms with Crippen molar-refractivity contribution in [2.75, 3.05) is 12.3 Å². The average Bonchev–Trinajstić information content (AvgIpc) is 2.55. The molecule has 0 unspecified atom stereocenters. The summed E-state index contributed by atoms with van der Waals surface area (Å²) in [5.41, 5.74) is 1.82. The van der Waals surface area contributed by atoms with Crippen LogP contribution in [0, 0.1) is 5.82 Å². The minimum Gasteiger partial charge on any atom is -0.356 e. The smallest absolute Gasteiger partial charge is 0.220 e. The van der Waals surface area contributed by atoms with Crippen LogP contribution in [0.1, 0.15) is 17.5 Å². The maximum atomic E-state index is 13.4. The van der Waals surface area contributed by atoms with Gasteiger partial charge in [0.15, 0.2) is 0 Å². The van der Waals surface area contributed by atoms with Crippen molar-refractivity contribution in [3.8, 4) is 0 Å². The van der Waals surface area contributed by atoms with E-state index in [1.54, 1.807) is 23.9 Å². The summed E-state index contributed by atoms with van der Waals surface area (Å²) in [5, 5.41) is 3.61. The molecular formula is C18H19ClFNOS. The highest BCUT2D eigenvalue weighted by molar-refractivity contribution is 7.98. The molecule has 2 rings (SSSR count). The lowest BCUT2D eigenvalue weighted by Gasteiger charge is -2.06. The second-order valence-electron chi connectivity index (χ2n) is 5.12. The third kappa shape index (κ3) is 6.63. The molecule has 0 aliphatic carbocycles. The number of carbonyl (C=O) groups excluding carboxylic acids is 1. The summed E-state index contributed by atoms with van der Waals surface area (Å²) in [6.07, 6.45) is 1.23. The van der Waals surface area contributed by atoms with Gasteiger partial charge in [-0.15, -0.1) is 0 Å². The lowest BCUT2D eigenvalue weighted by Crippen LogP contribution is -2.25. The van der Waals surface area contributed by atoms with E-state index in [0.717, 1.165) is 12.0 Å². The van der Waals surface area contributed by atoms with Gasteiger partial charge in [-0.25, -0.2) is 4.39 Å². The van der Waals surface area contributed by atoms with Gasteiger partial charge in [-0.05, 0) is 35.7 Å². The van der Waals surface area contributed by atoms with Crippen LogP contribution < -0.4 is 5.32 Å². The normalized spacial score (nSPS) is 10.5. The molecule has 2 aromatic rings. The molecule has 1 N–H and O–H groups in total. The van der Waals surface area contributed by atoms with Gasteiger partial charge in [0, 0.05) is 29.5 Å². The first-order chi connectivity index (χ1) is 11.1. The Hall–Kier alpha value is -1.52. The molecule has 0 fully saturated rings. The van der Waals surface area contributed by atoms with Crippen LogP contribution >= 0.6 is 23.4 Å². The number of amides is 1. The standard InChI is InChI=1S/C18H19ClFNOS/c19-16-7-5-14(6-8-16)9-11-21-18(22)10-12-23-13-15-3-1-2-4-17(15)20/h1-8H,9-13H2,(H,21,22). The highest BCUT2D eigenvalue weighted by atomic mass is 35.5. The molecule has 0 bridgehead atoms. The molecule has 0 aromatic heterocycles. The fourth-order valence-corrected chi connectivity index (χ4v) is 3.10. The van der Waals surface area contributed by atoms with Crippen LogP contribution in [0.15, 0.2) is 48.5 Å². The van der Waals surface area contributed by atoms with Gasteiger partial charge in [0.25, 0.3) is 0 Å². The fourth-order valence-electron chi connectivity index (χ4n) is 2.05. The largest absolute Gasteiger partial charge is 0.356 e. The minimum atomic E-state index is -0.188. The molecule has 0 saturated heterocycles. The van der Waals surface area contributed by atoms with E-state index in [1.807, 2.05) is 30.3 Å². The van der Waals surface area contributed by atoms with E-state index in [9.17, 15) is 9.18 Å². The quantitative estimate of drug-likeness (QED) is 0.711. The first kappa shape index (κ1) is 17.8. The predicted octanol–water partition coefficient (Wildman–Crippen LogP) is 4.46. The van der Waals surface area contributed by atoms with Gasteiger partial charge in [0.05, 0.1) is 0 Å². The van der Waals surface area contributed by atoms with Gasteiger partial charge in [0.2, 0.25) is 5.91 Å². The third-order valence-electron chi connectivity index (χ3n) is 3.34. The lowest BCUT2D eigenvalue weighted by atomic mass is 10.1. The molecular weight excluding hydrogens is 333 g/mol. The summed E-state index contributed by atoms with van der Waals surface area (Å²) < 4.78 is 13.4. The fraction of sp³-hybridized carbons (Fsp3) is 0.278. The highest BCUT2D eigenvalue weighted by Crippen LogP contribution is 2.16. The Bertz CT molecular complexity index is 633. The molecule has 5 heteroatoms. The molecule has 23 heavy (non-hydrogen) atoms. The first-order valence-electron chi connectivity index (χ1n) is 7.47. The van der Waals surface area contributed by atoms with Gasteiger partial charge in [-0.1, -0.05) is 41.9 Å². The molecule has 0 atom stereocenters. The zero-order chi connectivity index (χ0) is 16.5. The van der Waals surface area contributed by atoms with Crippen molar-refractivity contribution in [1.82, 2.24) is 5.32 Å². The summed E-state index contributed by atoms with van der Waals surface area (Å²) in [4.78, 5) is 11.7. The molecule has 0 radical (unpaired) electrons.